The van der Waals surface area contributed by atoms with Crippen molar-refractivity contribution in [2.45, 2.75) is 13.1 Å². The van der Waals surface area contributed by atoms with Crippen molar-refractivity contribution in [3.8, 4) is 0 Å². The predicted molar refractivity (Wildman–Crippen MR) is 118 cm³/mol. The van der Waals surface area contributed by atoms with Crippen molar-refractivity contribution in [1.29, 1.82) is 0 Å². The Kier molecular flexibility index (Phi) is 6.32. The van der Waals surface area contributed by atoms with E-state index in [-0.39, 0.29) is 5.91 Å². The van der Waals surface area contributed by atoms with Gasteiger partial charge in [-0.1, -0.05) is 42.5 Å². The van der Waals surface area contributed by atoms with Crippen LogP contribution in [0.25, 0.3) is 0 Å². The molecule has 2 heterocycles. The lowest BCUT2D eigenvalue weighted by Crippen LogP contribution is -2.46. The van der Waals surface area contributed by atoms with E-state index in [0.717, 1.165) is 38.3 Å². The number of carbonyl (C=O) groups excluding carboxylic acids is 1. The molecule has 29 heavy (non-hydrogen) atoms. The van der Waals surface area contributed by atoms with Gasteiger partial charge < -0.3 is 14.6 Å². The van der Waals surface area contributed by atoms with Crippen molar-refractivity contribution in [3.63, 3.8) is 0 Å². The van der Waals surface area contributed by atoms with Gasteiger partial charge in [0.15, 0.2) is 10.4 Å². The second-order valence-electron chi connectivity index (χ2n) is 7.15. The maximum absolute atomic E-state index is 12.3. The van der Waals surface area contributed by atoms with Gasteiger partial charge in [-0.3, -0.25) is 9.69 Å². The van der Waals surface area contributed by atoms with E-state index in [9.17, 15) is 4.79 Å². The molecule has 5 nitrogen and oxygen atoms in total. The van der Waals surface area contributed by atoms with Gasteiger partial charge in [0.2, 0.25) is 0 Å². The molecular formula is C23H24BrN3O2. The van der Waals surface area contributed by atoms with Gasteiger partial charge in [0, 0.05) is 45.0 Å². The molecule has 2 aromatic carbocycles. The van der Waals surface area contributed by atoms with Crippen LogP contribution in [0.5, 0.6) is 0 Å². The number of piperazine rings is 1. The number of anilines is 1. The van der Waals surface area contributed by atoms with Crippen LogP contribution in [-0.4, -0.2) is 37.0 Å². The minimum atomic E-state index is -0.207. The number of hydrogen-bond acceptors (Lipinski definition) is 4. The molecular weight excluding hydrogens is 430 g/mol. The van der Waals surface area contributed by atoms with Crippen molar-refractivity contribution < 1.29 is 9.21 Å². The third-order valence-electron chi connectivity index (χ3n) is 5.24. The van der Waals surface area contributed by atoms with Crippen molar-refractivity contribution in [3.05, 3.63) is 88.3 Å². The van der Waals surface area contributed by atoms with E-state index in [1.54, 1.807) is 12.1 Å². The van der Waals surface area contributed by atoms with Crippen LogP contribution < -0.4 is 10.2 Å². The number of halogens is 1. The number of amides is 1. The first kappa shape index (κ1) is 19.7. The minimum absolute atomic E-state index is 0.207. The van der Waals surface area contributed by atoms with Gasteiger partial charge in [-0.2, -0.15) is 0 Å². The second kappa shape index (κ2) is 9.29. The molecule has 3 aromatic rings. The van der Waals surface area contributed by atoms with E-state index >= 15 is 0 Å². The van der Waals surface area contributed by atoms with E-state index in [0.29, 0.717) is 17.0 Å². The highest BCUT2D eigenvalue weighted by Gasteiger charge is 2.18. The highest BCUT2D eigenvalue weighted by molar-refractivity contribution is 9.10. The Labute approximate surface area is 179 Å². The molecule has 1 aliphatic heterocycles. The van der Waals surface area contributed by atoms with Gasteiger partial charge in [-0.15, -0.1) is 0 Å². The number of nitrogens with zero attached hydrogens (tertiary/aromatic N) is 2. The maximum Gasteiger partial charge on any atom is 0.287 e. The van der Waals surface area contributed by atoms with Crippen LogP contribution in [-0.2, 0) is 13.1 Å². The summed E-state index contributed by atoms with van der Waals surface area (Å²) in [6.07, 6.45) is 0. The number of carbonyl (C=O) groups is 1. The van der Waals surface area contributed by atoms with Crippen molar-refractivity contribution in [1.82, 2.24) is 10.2 Å². The quantitative estimate of drug-likeness (QED) is 0.604. The minimum Gasteiger partial charge on any atom is -0.444 e. The molecule has 0 aliphatic carbocycles. The standard InChI is InChI=1S/C23H24BrN3O2/c24-22-11-10-21(29-22)23(28)25-16-18-6-4-5-7-19(18)17-26-12-14-27(15-13-26)20-8-2-1-3-9-20/h1-11H,12-17H2,(H,25,28). The topological polar surface area (TPSA) is 48.7 Å². The fourth-order valence-corrected chi connectivity index (χ4v) is 3.93. The van der Waals surface area contributed by atoms with E-state index in [2.05, 4.69) is 79.6 Å². The number of benzene rings is 2. The average molecular weight is 454 g/mol. The molecule has 0 unspecified atom stereocenters. The van der Waals surface area contributed by atoms with E-state index in [1.807, 2.05) is 6.07 Å². The molecule has 0 spiro atoms. The van der Waals surface area contributed by atoms with Gasteiger partial charge in [-0.05, 0) is 51.3 Å². The normalized spacial score (nSPS) is 14.7. The molecule has 1 saturated heterocycles. The Morgan fingerprint density at radius 2 is 1.59 bits per heavy atom. The van der Waals surface area contributed by atoms with Crippen molar-refractivity contribution in [2.75, 3.05) is 31.1 Å². The van der Waals surface area contributed by atoms with Crippen LogP contribution in [0.2, 0.25) is 0 Å². The summed E-state index contributed by atoms with van der Waals surface area (Å²) in [4.78, 5) is 17.2. The smallest absolute Gasteiger partial charge is 0.287 e. The first-order valence-electron chi connectivity index (χ1n) is 9.82. The van der Waals surface area contributed by atoms with Crippen LogP contribution in [0, 0.1) is 0 Å². The van der Waals surface area contributed by atoms with Crippen molar-refractivity contribution >= 4 is 27.5 Å². The molecule has 4 rings (SSSR count). The summed E-state index contributed by atoms with van der Waals surface area (Å²) in [5, 5.41) is 2.95. The third kappa shape index (κ3) is 5.08. The molecule has 1 amide bonds. The summed E-state index contributed by atoms with van der Waals surface area (Å²) in [6, 6.07) is 22.3. The zero-order valence-electron chi connectivity index (χ0n) is 16.2. The van der Waals surface area contributed by atoms with Gasteiger partial charge in [0.05, 0.1) is 0 Å². The zero-order valence-corrected chi connectivity index (χ0v) is 17.8. The fourth-order valence-electron chi connectivity index (χ4n) is 3.63. The van der Waals surface area contributed by atoms with Crippen LogP contribution in [0.4, 0.5) is 5.69 Å². The van der Waals surface area contributed by atoms with Gasteiger partial charge in [-0.25, -0.2) is 0 Å². The van der Waals surface area contributed by atoms with E-state index in [4.69, 9.17) is 4.42 Å². The lowest BCUT2D eigenvalue weighted by molar-refractivity contribution is 0.0921. The number of para-hydroxylation sites is 1. The molecule has 0 saturated carbocycles. The first-order valence-corrected chi connectivity index (χ1v) is 10.6. The maximum atomic E-state index is 12.3. The first-order chi connectivity index (χ1) is 14.2. The summed E-state index contributed by atoms with van der Waals surface area (Å²) < 4.78 is 5.88. The Bertz CT molecular complexity index is 950. The van der Waals surface area contributed by atoms with Crippen molar-refractivity contribution in [2.24, 2.45) is 0 Å². The van der Waals surface area contributed by atoms with Crippen LogP contribution in [0.3, 0.4) is 0 Å². The van der Waals surface area contributed by atoms with E-state index < -0.39 is 0 Å². The number of furan rings is 1. The molecule has 1 aromatic heterocycles. The molecule has 0 radical (unpaired) electrons. The van der Waals surface area contributed by atoms with Crippen LogP contribution in [0.15, 0.2) is 75.8 Å². The van der Waals surface area contributed by atoms with Gasteiger partial charge in [0.25, 0.3) is 5.91 Å². The van der Waals surface area contributed by atoms with Gasteiger partial charge >= 0.3 is 0 Å². The molecule has 150 valence electrons. The molecule has 0 bridgehead atoms. The third-order valence-corrected chi connectivity index (χ3v) is 5.67. The highest BCUT2D eigenvalue weighted by atomic mass is 79.9. The summed E-state index contributed by atoms with van der Waals surface area (Å²) in [6.45, 7) is 5.47. The van der Waals surface area contributed by atoms with E-state index in [1.165, 1.54) is 11.3 Å². The Morgan fingerprint density at radius 3 is 2.28 bits per heavy atom. The Balaban J connectivity index is 1.33. The largest absolute Gasteiger partial charge is 0.444 e. The summed E-state index contributed by atoms with van der Waals surface area (Å²) >= 11 is 3.23. The second-order valence-corrected chi connectivity index (χ2v) is 7.94. The molecule has 1 fully saturated rings. The lowest BCUT2D eigenvalue weighted by Gasteiger charge is -2.36. The Morgan fingerprint density at radius 1 is 0.897 bits per heavy atom. The number of rotatable bonds is 6. The van der Waals surface area contributed by atoms with Crippen LogP contribution in [0.1, 0.15) is 21.7 Å². The SMILES string of the molecule is O=C(NCc1ccccc1CN1CCN(c2ccccc2)CC1)c1ccc(Br)o1. The molecule has 1 aliphatic rings. The zero-order chi connectivity index (χ0) is 20.1. The summed E-state index contributed by atoms with van der Waals surface area (Å²) in [5.74, 6) is 0.105. The highest BCUT2D eigenvalue weighted by Crippen LogP contribution is 2.18. The molecule has 1 N–H and O–H groups in total. The fraction of sp³-hybridized carbons (Fsp3) is 0.261. The predicted octanol–water partition coefficient (Wildman–Crippen LogP) is 4.29. The van der Waals surface area contributed by atoms with Crippen LogP contribution >= 0.6 is 15.9 Å². The molecule has 0 atom stereocenters. The van der Waals surface area contributed by atoms with Gasteiger partial charge in [0.1, 0.15) is 0 Å². The Hall–Kier alpha value is -2.57. The average Bonchev–Trinajstić information content (AvgIpc) is 3.20. The summed E-state index contributed by atoms with van der Waals surface area (Å²) in [5.41, 5.74) is 3.68. The summed E-state index contributed by atoms with van der Waals surface area (Å²) in [7, 11) is 0. The monoisotopic (exact) mass is 453 g/mol. The number of hydrogen-bond donors (Lipinski definition) is 1. The number of nitrogens with one attached hydrogen (secondary N) is 1. The lowest BCUT2D eigenvalue weighted by atomic mass is 10.1. The molecule has 6 heteroatoms.